The van der Waals surface area contributed by atoms with Gasteiger partial charge in [0.1, 0.15) is 5.82 Å². The minimum Gasteiger partial charge on any atom is -0.346 e. The Morgan fingerprint density at radius 2 is 2.16 bits per heavy atom. The number of aromatic nitrogens is 2. The first kappa shape index (κ1) is 15.7. The highest BCUT2D eigenvalue weighted by molar-refractivity contribution is 5.76. The van der Waals surface area contributed by atoms with Crippen LogP contribution in [-0.2, 0) is 18.4 Å². The highest BCUT2D eigenvalue weighted by Gasteiger charge is 2.10. The third kappa shape index (κ3) is 5.40. The number of nitrogens with zero attached hydrogens (tertiary/aromatic N) is 4. The Morgan fingerprint density at radius 1 is 1.42 bits per heavy atom. The lowest BCUT2D eigenvalue weighted by molar-refractivity contribution is -0.130. The monoisotopic (exact) mass is 267 g/mol. The van der Waals surface area contributed by atoms with Gasteiger partial charge in [-0.05, 0) is 20.0 Å². The van der Waals surface area contributed by atoms with Crippen LogP contribution in [0.2, 0.25) is 0 Å². The fourth-order valence-corrected chi connectivity index (χ4v) is 1.80. The lowest BCUT2D eigenvalue weighted by atomic mass is 10.3. The first-order valence-electron chi connectivity index (χ1n) is 6.63. The fraction of sp³-hybridized carbons (Fsp3) is 0.692. The van der Waals surface area contributed by atoms with Gasteiger partial charge in [-0.2, -0.15) is 0 Å². The number of nitrogens with two attached hydrogens (primary N) is 1. The van der Waals surface area contributed by atoms with Crippen molar-refractivity contribution in [3.8, 4) is 0 Å². The number of hydrogen-bond acceptors (Lipinski definition) is 4. The van der Waals surface area contributed by atoms with Crippen LogP contribution >= 0.6 is 0 Å². The SMILES string of the molecule is CN(CCC(=O)N(C)CCCN)Cc1nccn1C. The minimum atomic E-state index is 0.167. The Morgan fingerprint density at radius 3 is 2.74 bits per heavy atom. The molecule has 1 aromatic rings. The largest absolute Gasteiger partial charge is 0.346 e. The smallest absolute Gasteiger partial charge is 0.223 e. The summed E-state index contributed by atoms with van der Waals surface area (Å²) in [7, 11) is 5.81. The van der Waals surface area contributed by atoms with Crippen LogP contribution in [0, 0.1) is 0 Å². The number of carbonyl (C=O) groups is 1. The molecule has 1 heterocycles. The third-order valence-corrected chi connectivity index (χ3v) is 3.16. The maximum absolute atomic E-state index is 11.9. The summed E-state index contributed by atoms with van der Waals surface area (Å²) in [5.74, 6) is 1.17. The standard InChI is InChI=1S/C13H25N5O/c1-16(11-12-15-7-10-17(12)2)9-5-13(19)18(3)8-4-6-14/h7,10H,4-6,8-9,11,14H2,1-3H3. The Labute approximate surface area is 115 Å². The number of amides is 1. The summed E-state index contributed by atoms with van der Waals surface area (Å²) in [4.78, 5) is 20.0. The number of imidazole rings is 1. The van der Waals surface area contributed by atoms with Gasteiger partial charge in [0.25, 0.3) is 0 Å². The van der Waals surface area contributed by atoms with Crippen LogP contribution in [0.25, 0.3) is 0 Å². The van der Waals surface area contributed by atoms with E-state index in [4.69, 9.17) is 5.73 Å². The van der Waals surface area contributed by atoms with Crippen molar-refractivity contribution in [1.29, 1.82) is 0 Å². The van der Waals surface area contributed by atoms with E-state index in [9.17, 15) is 4.79 Å². The Bertz CT molecular complexity index is 390. The summed E-state index contributed by atoms with van der Waals surface area (Å²) in [6.07, 6.45) is 5.09. The molecule has 6 heteroatoms. The van der Waals surface area contributed by atoms with Crippen molar-refractivity contribution >= 4 is 5.91 Å². The topological polar surface area (TPSA) is 67.4 Å². The molecule has 0 aliphatic carbocycles. The van der Waals surface area contributed by atoms with Crippen LogP contribution < -0.4 is 5.73 Å². The quantitative estimate of drug-likeness (QED) is 0.722. The van der Waals surface area contributed by atoms with Crippen LogP contribution in [0.5, 0.6) is 0 Å². The maximum atomic E-state index is 11.9. The van der Waals surface area contributed by atoms with Crippen molar-refractivity contribution in [3.05, 3.63) is 18.2 Å². The van der Waals surface area contributed by atoms with Gasteiger partial charge in [0.05, 0.1) is 6.54 Å². The fourth-order valence-electron chi connectivity index (χ4n) is 1.80. The molecule has 19 heavy (non-hydrogen) atoms. The molecule has 0 aliphatic rings. The third-order valence-electron chi connectivity index (χ3n) is 3.16. The number of aryl methyl sites for hydroxylation is 1. The summed E-state index contributed by atoms with van der Waals surface area (Å²) in [5, 5.41) is 0. The van der Waals surface area contributed by atoms with Crippen molar-refractivity contribution < 1.29 is 4.79 Å². The zero-order valence-corrected chi connectivity index (χ0v) is 12.2. The molecule has 1 rings (SSSR count). The molecular formula is C13H25N5O. The molecule has 0 aliphatic heterocycles. The van der Waals surface area contributed by atoms with Gasteiger partial charge in [-0.25, -0.2) is 4.98 Å². The van der Waals surface area contributed by atoms with Crippen molar-refractivity contribution in [2.45, 2.75) is 19.4 Å². The lowest BCUT2D eigenvalue weighted by Crippen LogP contribution is -2.32. The van der Waals surface area contributed by atoms with Crippen molar-refractivity contribution in [2.75, 3.05) is 33.7 Å². The second-order valence-electron chi connectivity index (χ2n) is 4.90. The van der Waals surface area contributed by atoms with Crippen LogP contribution in [0.3, 0.4) is 0 Å². The second kappa shape index (κ2) is 7.91. The Balaban J connectivity index is 2.28. The average Bonchev–Trinajstić information content (AvgIpc) is 2.78. The molecule has 0 atom stereocenters. The van der Waals surface area contributed by atoms with E-state index in [0.29, 0.717) is 13.0 Å². The molecule has 0 saturated heterocycles. The van der Waals surface area contributed by atoms with Gasteiger partial charge in [-0.1, -0.05) is 0 Å². The Kier molecular flexibility index (Phi) is 6.52. The van der Waals surface area contributed by atoms with Gasteiger partial charge < -0.3 is 15.2 Å². The van der Waals surface area contributed by atoms with E-state index in [1.807, 2.05) is 31.9 Å². The van der Waals surface area contributed by atoms with E-state index >= 15 is 0 Å². The van der Waals surface area contributed by atoms with E-state index in [0.717, 1.165) is 31.9 Å². The van der Waals surface area contributed by atoms with Crippen LogP contribution in [0.15, 0.2) is 12.4 Å². The molecule has 0 unspecified atom stereocenters. The average molecular weight is 267 g/mol. The van der Waals surface area contributed by atoms with Crippen molar-refractivity contribution in [1.82, 2.24) is 19.4 Å². The molecule has 2 N–H and O–H groups in total. The van der Waals surface area contributed by atoms with E-state index in [2.05, 4.69) is 9.88 Å². The highest BCUT2D eigenvalue weighted by atomic mass is 16.2. The van der Waals surface area contributed by atoms with Gasteiger partial charge >= 0.3 is 0 Å². The second-order valence-corrected chi connectivity index (χ2v) is 4.90. The first-order valence-corrected chi connectivity index (χ1v) is 6.63. The number of carbonyl (C=O) groups excluding carboxylic acids is 1. The normalized spacial score (nSPS) is 11.0. The highest BCUT2D eigenvalue weighted by Crippen LogP contribution is 2.01. The van der Waals surface area contributed by atoms with Crippen LogP contribution in [0.4, 0.5) is 0 Å². The summed E-state index contributed by atoms with van der Waals surface area (Å²) < 4.78 is 1.99. The van der Waals surface area contributed by atoms with E-state index in [1.54, 1.807) is 11.1 Å². The van der Waals surface area contributed by atoms with Gasteiger partial charge in [-0.15, -0.1) is 0 Å². The van der Waals surface area contributed by atoms with E-state index < -0.39 is 0 Å². The molecule has 0 fully saturated rings. The predicted molar refractivity (Wildman–Crippen MR) is 75.5 cm³/mol. The van der Waals surface area contributed by atoms with Crippen molar-refractivity contribution in [2.24, 2.45) is 12.8 Å². The van der Waals surface area contributed by atoms with Crippen molar-refractivity contribution in [3.63, 3.8) is 0 Å². The number of rotatable bonds is 8. The van der Waals surface area contributed by atoms with E-state index in [1.165, 1.54) is 0 Å². The van der Waals surface area contributed by atoms with Crippen LogP contribution in [0.1, 0.15) is 18.7 Å². The van der Waals surface area contributed by atoms with Gasteiger partial charge in [-0.3, -0.25) is 9.69 Å². The molecular weight excluding hydrogens is 242 g/mol. The molecule has 108 valence electrons. The zero-order valence-electron chi connectivity index (χ0n) is 12.2. The molecule has 6 nitrogen and oxygen atoms in total. The molecule has 1 aromatic heterocycles. The summed E-state index contributed by atoms with van der Waals surface area (Å²) in [6.45, 7) is 2.84. The maximum Gasteiger partial charge on any atom is 0.223 e. The predicted octanol–water partition coefficient (Wildman–Crippen LogP) is 0.0492. The molecule has 0 spiro atoms. The molecule has 0 bridgehead atoms. The molecule has 0 saturated carbocycles. The zero-order chi connectivity index (χ0) is 14.3. The summed E-state index contributed by atoms with van der Waals surface area (Å²) in [6, 6.07) is 0. The Hall–Kier alpha value is -1.40. The molecule has 1 amide bonds. The molecule has 0 radical (unpaired) electrons. The summed E-state index contributed by atoms with van der Waals surface area (Å²) in [5.41, 5.74) is 5.43. The van der Waals surface area contributed by atoms with Gasteiger partial charge in [0, 0.05) is 46.0 Å². The minimum absolute atomic E-state index is 0.167. The summed E-state index contributed by atoms with van der Waals surface area (Å²) >= 11 is 0. The lowest BCUT2D eigenvalue weighted by Gasteiger charge is -2.20. The van der Waals surface area contributed by atoms with Crippen LogP contribution in [-0.4, -0.2) is 59.0 Å². The van der Waals surface area contributed by atoms with E-state index in [-0.39, 0.29) is 5.91 Å². The first-order chi connectivity index (χ1) is 9.04. The van der Waals surface area contributed by atoms with Gasteiger partial charge in [0.2, 0.25) is 5.91 Å². The number of hydrogen-bond donors (Lipinski definition) is 1. The van der Waals surface area contributed by atoms with Gasteiger partial charge in [0.15, 0.2) is 0 Å². The molecule has 0 aromatic carbocycles.